The van der Waals surface area contributed by atoms with Crippen molar-refractivity contribution >= 4 is 11.6 Å². The van der Waals surface area contributed by atoms with E-state index in [1.807, 2.05) is 32.0 Å². The first-order valence-electron chi connectivity index (χ1n) is 6.59. The Hall–Kier alpha value is -1.51. The van der Waals surface area contributed by atoms with Crippen molar-refractivity contribution in [2.45, 2.75) is 40.2 Å². The highest BCUT2D eigenvalue weighted by Crippen LogP contribution is 2.44. The second-order valence-corrected chi connectivity index (χ2v) is 5.80. The minimum atomic E-state index is 0.0292. The van der Waals surface area contributed by atoms with Gasteiger partial charge in [0.2, 0.25) is 0 Å². The molecule has 2 N–H and O–H groups in total. The number of carbonyl (C=O) groups excluding carboxylic acids is 1. The van der Waals surface area contributed by atoms with Gasteiger partial charge in [0.15, 0.2) is 0 Å². The smallest absolute Gasteiger partial charge is 0.253 e. The molecule has 98 valence electrons. The van der Waals surface area contributed by atoms with E-state index >= 15 is 0 Å². The van der Waals surface area contributed by atoms with Crippen molar-refractivity contribution < 1.29 is 4.79 Å². The van der Waals surface area contributed by atoms with Crippen molar-refractivity contribution in [3.63, 3.8) is 0 Å². The third-order valence-electron chi connectivity index (χ3n) is 3.61. The molecule has 0 heterocycles. The lowest BCUT2D eigenvalue weighted by Crippen LogP contribution is -2.29. The van der Waals surface area contributed by atoms with E-state index in [9.17, 15) is 4.79 Å². The molecule has 1 aromatic carbocycles. The van der Waals surface area contributed by atoms with Gasteiger partial charge in [-0.25, -0.2) is 0 Å². The van der Waals surface area contributed by atoms with E-state index in [1.54, 1.807) is 0 Å². The van der Waals surface area contributed by atoms with Crippen LogP contribution in [0.4, 0.5) is 5.69 Å². The summed E-state index contributed by atoms with van der Waals surface area (Å²) in [6, 6.07) is 6.23. The zero-order chi connectivity index (χ0) is 13.3. The average molecular weight is 246 g/mol. The first-order valence-corrected chi connectivity index (χ1v) is 6.59. The number of anilines is 1. The number of rotatable bonds is 4. The zero-order valence-corrected chi connectivity index (χ0v) is 11.6. The summed E-state index contributed by atoms with van der Waals surface area (Å²) >= 11 is 0. The lowest BCUT2D eigenvalue weighted by atomic mass is 10.1. The Labute approximate surface area is 109 Å². The first kappa shape index (κ1) is 12.9. The molecule has 3 nitrogen and oxygen atoms in total. The number of benzene rings is 1. The number of aryl methyl sites for hydroxylation is 1. The fourth-order valence-corrected chi connectivity index (χ4v) is 2.14. The second kappa shape index (κ2) is 4.63. The number of hydrogen-bond acceptors (Lipinski definition) is 2. The number of carbonyl (C=O) groups is 1. The maximum Gasteiger partial charge on any atom is 0.253 e. The standard InChI is InChI=1S/C15H22N2O/c1-5-16-12-8-10(2)6-7-11(12)14(18)17-13-9-15(13,3)4/h6-8,13,16H,5,9H2,1-4H3,(H,17,18). The van der Waals surface area contributed by atoms with Gasteiger partial charge in [0.1, 0.15) is 0 Å². The van der Waals surface area contributed by atoms with E-state index in [0.717, 1.165) is 29.8 Å². The van der Waals surface area contributed by atoms with Crippen LogP contribution in [0.1, 0.15) is 43.1 Å². The molecular weight excluding hydrogens is 224 g/mol. The van der Waals surface area contributed by atoms with E-state index < -0.39 is 0 Å². The van der Waals surface area contributed by atoms with Gasteiger partial charge >= 0.3 is 0 Å². The van der Waals surface area contributed by atoms with Gasteiger partial charge in [-0.2, -0.15) is 0 Å². The van der Waals surface area contributed by atoms with Gasteiger partial charge in [0.25, 0.3) is 5.91 Å². The Morgan fingerprint density at radius 1 is 1.44 bits per heavy atom. The van der Waals surface area contributed by atoms with Crippen LogP contribution in [-0.4, -0.2) is 18.5 Å². The SMILES string of the molecule is CCNc1cc(C)ccc1C(=O)NC1CC1(C)C. The number of hydrogen-bond donors (Lipinski definition) is 2. The predicted molar refractivity (Wildman–Crippen MR) is 75.0 cm³/mol. The minimum absolute atomic E-state index is 0.0292. The van der Waals surface area contributed by atoms with Gasteiger partial charge in [-0.1, -0.05) is 19.9 Å². The summed E-state index contributed by atoms with van der Waals surface area (Å²) in [5.41, 5.74) is 3.09. The van der Waals surface area contributed by atoms with Crippen LogP contribution in [0.3, 0.4) is 0 Å². The summed E-state index contributed by atoms with van der Waals surface area (Å²) < 4.78 is 0. The molecule has 0 bridgehead atoms. The minimum Gasteiger partial charge on any atom is -0.385 e. The van der Waals surface area contributed by atoms with Crippen molar-refractivity contribution in [3.05, 3.63) is 29.3 Å². The zero-order valence-electron chi connectivity index (χ0n) is 11.6. The second-order valence-electron chi connectivity index (χ2n) is 5.80. The molecule has 2 rings (SSSR count). The quantitative estimate of drug-likeness (QED) is 0.857. The first-order chi connectivity index (χ1) is 8.44. The Balaban J connectivity index is 2.14. The van der Waals surface area contributed by atoms with E-state index in [2.05, 4.69) is 24.5 Å². The van der Waals surface area contributed by atoms with Crippen LogP contribution in [0.2, 0.25) is 0 Å². The molecule has 3 heteroatoms. The van der Waals surface area contributed by atoms with Crippen LogP contribution < -0.4 is 10.6 Å². The van der Waals surface area contributed by atoms with Crippen molar-refractivity contribution in [1.29, 1.82) is 0 Å². The normalized spacial score (nSPS) is 20.3. The molecule has 0 aliphatic heterocycles. The molecule has 0 radical (unpaired) electrons. The number of amides is 1. The van der Waals surface area contributed by atoms with Crippen LogP contribution >= 0.6 is 0 Å². The molecule has 1 aliphatic rings. The predicted octanol–water partition coefficient (Wildman–Crippen LogP) is 2.96. The lowest BCUT2D eigenvalue weighted by Gasteiger charge is -2.12. The topological polar surface area (TPSA) is 41.1 Å². The molecular formula is C15H22N2O. The van der Waals surface area contributed by atoms with Crippen molar-refractivity contribution in [2.75, 3.05) is 11.9 Å². The Bertz CT molecular complexity index is 466. The molecule has 18 heavy (non-hydrogen) atoms. The third kappa shape index (κ3) is 2.66. The van der Waals surface area contributed by atoms with Crippen molar-refractivity contribution in [2.24, 2.45) is 5.41 Å². The van der Waals surface area contributed by atoms with Gasteiger partial charge < -0.3 is 10.6 Å². The molecule has 1 aromatic rings. The monoisotopic (exact) mass is 246 g/mol. The fraction of sp³-hybridized carbons (Fsp3) is 0.533. The summed E-state index contributed by atoms with van der Waals surface area (Å²) in [6.45, 7) is 9.25. The van der Waals surface area contributed by atoms with E-state index in [-0.39, 0.29) is 11.3 Å². The summed E-state index contributed by atoms with van der Waals surface area (Å²) in [7, 11) is 0. The van der Waals surface area contributed by atoms with Crippen LogP contribution in [0.15, 0.2) is 18.2 Å². The maximum atomic E-state index is 12.2. The van der Waals surface area contributed by atoms with Crippen LogP contribution in [-0.2, 0) is 0 Å². The Morgan fingerprint density at radius 2 is 2.11 bits per heavy atom. The number of nitrogens with one attached hydrogen (secondary N) is 2. The van der Waals surface area contributed by atoms with Gasteiger partial charge in [-0.15, -0.1) is 0 Å². The van der Waals surface area contributed by atoms with E-state index in [1.165, 1.54) is 0 Å². The molecule has 0 aromatic heterocycles. The van der Waals surface area contributed by atoms with Gasteiger partial charge in [-0.3, -0.25) is 4.79 Å². The van der Waals surface area contributed by atoms with Crippen molar-refractivity contribution in [1.82, 2.24) is 5.32 Å². The highest BCUT2D eigenvalue weighted by atomic mass is 16.1. The summed E-state index contributed by atoms with van der Waals surface area (Å²) in [6.07, 6.45) is 1.07. The molecule has 0 saturated heterocycles. The van der Waals surface area contributed by atoms with Gasteiger partial charge in [-0.05, 0) is 43.4 Å². The fourth-order valence-electron chi connectivity index (χ4n) is 2.14. The highest BCUT2D eigenvalue weighted by Gasteiger charge is 2.46. The van der Waals surface area contributed by atoms with Crippen LogP contribution in [0.5, 0.6) is 0 Å². The molecule has 1 unspecified atom stereocenters. The molecule has 1 aliphatic carbocycles. The van der Waals surface area contributed by atoms with Crippen LogP contribution in [0.25, 0.3) is 0 Å². The molecule has 1 fully saturated rings. The largest absolute Gasteiger partial charge is 0.385 e. The Morgan fingerprint density at radius 3 is 2.67 bits per heavy atom. The highest BCUT2D eigenvalue weighted by molar-refractivity contribution is 6.00. The third-order valence-corrected chi connectivity index (χ3v) is 3.61. The summed E-state index contributed by atoms with van der Waals surface area (Å²) in [4.78, 5) is 12.2. The van der Waals surface area contributed by atoms with E-state index in [4.69, 9.17) is 0 Å². The molecule has 1 atom stereocenters. The van der Waals surface area contributed by atoms with Gasteiger partial charge in [0, 0.05) is 18.3 Å². The molecule has 1 saturated carbocycles. The van der Waals surface area contributed by atoms with Gasteiger partial charge in [0.05, 0.1) is 5.56 Å². The maximum absolute atomic E-state index is 12.2. The summed E-state index contributed by atoms with van der Waals surface area (Å²) in [5.74, 6) is 0.0292. The summed E-state index contributed by atoms with van der Waals surface area (Å²) in [5, 5.41) is 6.35. The van der Waals surface area contributed by atoms with Crippen LogP contribution in [0, 0.1) is 12.3 Å². The average Bonchev–Trinajstić information content (AvgIpc) is 2.86. The lowest BCUT2D eigenvalue weighted by molar-refractivity contribution is 0.0947. The van der Waals surface area contributed by atoms with Crippen molar-refractivity contribution in [3.8, 4) is 0 Å². The van der Waals surface area contributed by atoms with E-state index in [0.29, 0.717) is 6.04 Å². The molecule has 0 spiro atoms. The Kier molecular flexibility index (Phi) is 3.33. The molecule has 1 amide bonds.